The molecule has 3 heteroatoms. The van der Waals surface area contributed by atoms with Crippen LogP contribution in [0.2, 0.25) is 0 Å². The highest BCUT2D eigenvalue weighted by Crippen LogP contribution is 2.07. The van der Waals surface area contributed by atoms with Crippen molar-refractivity contribution in [1.29, 1.82) is 0 Å². The summed E-state index contributed by atoms with van der Waals surface area (Å²) in [4.78, 5) is 11.0. The first-order chi connectivity index (χ1) is 7.76. The second-order valence-electron chi connectivity index (χ2n) is 3.90. The molecule has 0 aliphatic carbocycles. The van der Waals surface area contributed by atoms with Gasteiger partial charge >= 0.3 is 0 Å². The van der Waals surface area contributed by atoms with Crippen LogP contribution in [0.4, 0.5) is 0 Å². The smallest absolute Gasteiger partial charge is 0.234 e. The molecule has 1 amide bonds. The topological polar surface area (TPSA) is 55.1 Å². The number of rotatable bonds is 6. The Balaban J connectivity index is 2.41. The summed E-state index contributed by atoms with van der Waals surface area (Å²) in [6.45, 7) is 2.80. The van der Waals surface area contributed by atoms with Crippen LogP contribution in [0, 0.1) is 0 Å². The van der Waals surface area contributed by atoms with E-state index in [1.807, 2.05) is 0 Å². The van der Waals surface area contributed by atoms with Crippen molar-refractivity contribution in [3.8, 4) is 0 Å². The Kier molecular flexibility index (Phi) is 5.57. The van der Waals surface area contributed by atoms with E-state index < -0.39 is 0 Å². The summed E-state index contributed by atoms with van der Waals surface area (Å²) in [5.41, 5.74) is 7.67. The maximum absolute atomic E-state index is 11.0. The molecule has 88 valence electrons. The molecular weight excluding hydrogens is 200 g/mol. The van der Waals surface area contributed by atoms with E-state index in [4.69, 9.17) is 5.73 Å². The number of nitrogens with one attached hydrogen (secondary N) is 1. The molecule has 0 saturated heterocycles. The summed E-state index contributed by atoms with van der Waals surface area (Å²) in [6, 6.07) is 8.36. The molecule has 3 nitrogen and oxygen atoms in total. The molecule has 0 unspecified atom stereocenters. The number of hydrogen-bond donors (Lipinski definition) is 2. The van der Waals surface area contributed by atoms with Crippen LogP contribution in [-0.4, -0.2) is 12.5 Å². The van der Waals surface area contributed by atoms with E-state index in [0.29, 0.717) is 6.54 Å². The van der Waals surface area contributed by atoms with Gasteiger partial charge in [0, 0.05) is 6.54 Å². The third kappa shape index (κ3) is 4.45. The van der Waals surface area contributed by atoms with Crippen molar-refractivity contribution >= 4 is 5.91 Å². The minimum absolute atomic E-state index is 0.0502. The Morgan fingerprint density at radius 1 is 1.25 bits per heavy atom. The van der Waals surface area contributed by atoms with E-state index in [2.05, 4.69) is 36.5 Å². The molecule has 0 aliphatic rings. The van der Waals surface area contributed by atoms with Crippen molar-refractivity contribution in [3.63, 3.8) is 0 Å². The van der Waals surface area contributed by atoms with Gasteiger partial charge in [-0.15, -0.1) is 0 Å². The Morgan fingerprint density at radius 2 is 1.88 bits per heavy atom. The third-order valence-electron chi connectivity index (χ3n) is 2.52. The van der Waals surface area contributed by atoms with E-state index in [1.165, 1.54) is 18.4 Å². The van der Waals surface area contributed by atoms with Crippen LogP contribution in [0.15, 0.2) is 24.3 Å². The quantitative estimate of drug-likeness (QED) is 0.765. The second-order valence-corrected chi connectivity index (χ2v) is 3.90. The summed E-state index contributed by atoms with van der Waals surface area (Å²) in [5, 5.41) is 2.75. The molecule has 0 aliphatic heterocycles. The molecule has 0 fully saturated rings. The predicted molar refractivity (Wildman–Crippen MR) is 66.0 cm³/mol. The molecule has 1 rings (SSSR count). The van der Waals surface area contributed by atoms with E-state index in [0.717, 1.165) is 12.0 Å². The van der Waals surface area contributed by atoms with Gasteiger partial charge < -0.3 is 11.1 Å². The zero-order valence-electron chi connectivity index (χ0n) is 9.83. The molecule has 16 heavy (non-hydrogen) atoms. The van der Waals surface area contributed by atoms with Gasteiger partial charge in [0.25, 0.3) is 0 Å². The van der Waals surface area contributed by atoms with Gasteiger partial charge in [-0.3, -0.25) is 4.79 Å². The minimum atomic E-state index is -0.116. The van der Waals surface area contributed by atoms with Crippen LogP contribution in [-0.2, 0) is 17.8 Å². The van der Waals surface area contributed by atoms with Gasteiger partial charge in [0.1, 0.15) is 0 Å². The van der Waals surface area contributed by atoms with Crippen LogP contribution in [0.3, 0.4) is 0 Å². The number of nitrogens with two attached hydrogens (primary N) is 1. The minimum Gasteiger partial charge on any atom is -0.351 e. The average Bonchev–Trinajstić information content (AvgIpc) is 2.34. The number of hydrogen-bond acceptors (Lipinski definition) is 2. The number of unbranched alkanes of at least 4 members (excludes halogenated alkanes) is 1. The summed E-state index contributed by atoms with van der Waals surface area (Å²) in [6.07, 6.45) is 3.57. The van der Waals surface area contributed by atoms with Crippen LogP contribution >= 0.6 is 0 Å². The fourth-order valence-corrected chi connectivity index (χ4v) is 1.48. The molecule has 0 aromatic heterocycles. The molecule has 0 radical (unpaired) electrons. The Labute approximate surface area is 97.0 Å². The standard InChI is InChI=1S/C13H20N2O/c1-2-3-4-11-5-7-12(8-6-11)10-15-13(16)9-14/h5-8H,2-4,9-10,14H2,1H3,(H,15,16). The van der Waals surface area contributed by atoms with Gasteiger partial charge in [0.15, 0.2) is 0 Å². The van der Waals surface area contributed by atoms with Crippen molar-refractivity contribution in [2.45, 2.75) is 32.7 Å². The van der Waals surface area contributed by atoms with Crippen LogP contribution in [0.1, 0.15) is 30.9 Å². The van der Waals surface area contributed by atoms with Gasteiger partial charge in [-0.1, -0.05) is 37.6 Å². The van der Waals surface area contributed by atoms with Crippen molar-refractivity contribution < 1.29 is 4.79 Å². The molecule has 0 heterocycles. The Morgan fingerprint density at radius 3 is 2.44 bits per heavy atom. The fourth-order valence-electron chi connectivity index (χ4n) is 1.48. The lowest BCUT2D eigenvalue weighted by Crippen LogP contribution is -2.29. The maximum atomic E-state index is 11.0. The molecule has 0 atom stereocenters. The van der Waals surface area contributed by atoms with Gasteiger partial charge in [0.2, 0.25) is 5.91 Å². The lowest BCUT2D eigenvalue weighted by Gasteiger charge is -2.05. The zero-order valence-corrected chi connectivity index (χ0v) is 9.83. The summed E-state index contributed by atoms with van der Waals surface area (Å²) >= 11 is 0. The van der Waals surface area contributed by atoms with E-state index in [-0.39, 0.29) is 12.5 Å². The number of carbonyl (C=O) groups excluding carboxylic acids is 1. The SMILES string of the molecule is CCCCc1ccc(CNC(=O)CN)cc1. The van der Waals surface area contributed by atoms with Gasteiger partial charge in [-0.05, 0) is 24.0 Å². The maximum Gasteiger partial charge on any atom is 0.234 e. The van der Waals surface area contributed by atoms with E-state index in [9.17, 15) is 4.79 Å². The van der Waals surface area contributed by atoms with Crippen molar-refractivity contribution in [1.82, 2.24) is 5.32 Å². The molecular formula is C13H20N2O. The van der Waals surface area contributed by atoms with Gasteiger partial charge in [-0.25, -0.2) is 0 Å². The highest BCUT2D eigenvalue weighted by molar-refractivity contribution is 5.77. The first-order valence-electron chi connectivity index (χ1n) is 5.81. The highest BCUT2D eigenvalue weighted by atomic mass is 16.1. The van der Waals surface area contributed by atoms with Crippen molar-refractivity contribution in [3.05, 3.63) is 35.4 Å². The highest BCUT2D eigenvalue weighted by Gasteiger charge is 1.98. The van der Waals surface area contributed by atoms with Gasteiger partial charge in [-0.2, -0.15) is 0 Å². The summed E-state index contributed by atoms with van der Waals surface area (Å²) in [7, 11) is 0. The predicted octanol–water partition coefficient (Wildman–Crippen LogP) is 1.60. The average molecular weight is 220 g/mol. The second kappa shape index (κ2) is 7.01. The largest absolute Gasteiger partial charge is 0.351 e. The summed E-state index contributed by atoms with van der Waals surface area (Å²) in [5.74, 6) is -0.116. The lowest BCUT2D eigenvalue weighted by atomic mass is 10.1. The number of benzene rings is 1. The molecule has 0 spiro atoms. The monoisotopic (exact) mass is 220 g/mol. The molecule has 0 bridgehead atoms. The van der Waals surface area contributed by atoms with Crippen LogP contribution < -0.4 is 11.1 Å². The first kappa shape index (κ1) is 12.7. The first-order valence-corrected chi connectivity index (χ1v) is 5.81. The van der Waals surface area contributed by atoms with E-state index in [1.54, 1.807) is 0 Å². The molecule has 0 saturated carbocycles. The van der Waals surface area contributed by atoms with Crippen molar-refractivity contribution in [2.75, 3.05) is 6.54 Å². The third-order valence-corrected chi connectivity index (χ3v) is 2.52. The Hall–Kier alpha value is -1.35. The number of amides is 1. The van der Waals surface area contributed by atoms with E-state index >= 15 is 0 Å². The zero-order chi connectivity index (χ0) is 11.8. The van der Waals surface area contributed by atoms with Gasteiger partial charge in [0.05, 0.1) is 6.54 Å². The fraction of sp³-hybridized carbons (Fsp3) is 0.462. The molecule has 3 N–H and O–H groups in total. The van der Waals surface area contributed by atoms with Crippen LogP contribution in [0.25, 0.3) is 0 Å². The number of aryl methyl sites for hydroxylation is 1. The molecule has 1 aromatic carbocycles. The Bertz CT molecular complexity index is 319. The number of carbonyl (C=O) groups is 1. The lowest BCUT2D eigenvalue weighted by molar-refractivity contribution is -0.119. The molecule has 1 aromatic rings. The van der Waals surface area contributed by atoms with Crippen LogP contribution in [0.5, 0.6) is 0 Å². The normalized spacial score (nSPS) is 10.1. The van der Waals surface area contributed by atoms with Crippen molar-refractivity contribution in [2.24, 2.45) is 5.73 Å². The summed E-state index contributed by atoms with van der Waals surface area (Å²) < 4.78 is 0.